The van der Waals surface area contributed by atoms with E-state index in [4.69, 9.17) is 0 Å². The molecule has 2 N–H and O–H groups in total. The average molecular weight is 291 g/mol. The molecule has 4 bridgehead atoms. The summed E-state index contributed by atoms with van der Waals surface area (Å²) in [5, 5.41) is 12.5. The summed E-state index contributed by atoms with van der Waals surface area (Å²) in [6, 6.07) is 0.334. The van der Waals surface area contributed by atoms with Crippen LogP contribution in [0.5, 0.6) is 0 Å². The number of carbonyl (C=O) groups is 2. The summed E-state index contributed by atoms with van der Waals surface area (Å²) >= 11 is 0. The average Bonchev–Trinajstić information content (AvgIpc) is 2.91. The fourth-order valence-corrected chi connectivity index (χ4v) is 6.00. The molecule has 5 aliphatic rings. The van der Waals surface area contributed by atoms with Crippen LogP contribution in [0.25, 0.3) is 0 Å². The zero-order valence-electron chi connectivity index (χ0n) is 12.5. The Morgan fingerprint density at radius 3 is 2.00 bits per heavy atom. The van der Waals surface area contributed by atoms with Gasteiger partial charge in [-0.25, -0.2) is 0 Å². The van der Waals surface area contributed by atoms with Crippen LogP contribution in [0.3, 0.4) is 0 Å². The summed E-state index contributed by atoms with van der Waals surface area (Å²) in [6.07, 6.45) is 8.82. The molecule has 21 heavy (non-hydrogen) atoms. The van der Waals surface area contributed by atoms with Gasteiger partial charge in [-0.1, -0.05) is 6.42 Å². The minimum absolute atomic E-state index is 0.0253. The summed E-state index contributed by atoms with van der Waals surface area (Å²) in [4.78, 5) is 23.9. The highest BCUT2D eigenvalue weighted by Gasteiger charge is 2.49. The van der Waals surface area contributed by atoms with E-state index in [2.05, 4.69) is 5.32 Å². The van der Waals surface area contributed by atoms with Gasteiger partial charge in [0, 0.05) is 6.04 Å². The Hall–Kier alpha value is -1.06. The SMILES string of the molecule is O=C(O)C1CCCC1C(=O)NC1C2CC3CC(C2)CC1C3. The van der Waals surface area contributed by atoms with Crippen molar-refractivity contribution in [1.29, 1.82) is 0 Å². The second-order valence-corrected chi connectivity index (χ2v) is 7.95. The van der Waals surface area contributed by atoms with Gasteiger partial charge < -0.3 is 10.4 Å². The summed E-state index contributed by atoms with van der Waals surface area (Å²) in [5.74, 6) is 1.61. The molecule has 1 amide bonds. The van der Waals surface area contributed by atoms with E-state index in [1.807, 2.05) is 0 Å². The van der Waals surface area contributed by atoms with E-state index >= 15 is 0 Å². The van der Waals surface area contributed by atoms with Gasteiger partial charge >= 0.3 is 5.97 Å². The van der Waals surface area contributed by atoms with E-state index in [1.54, 1.807) is 0 Å². The van der Waals surface area contributed by atoms with E-state index in [9.17, 15) is 14.7 Å². The number of hydrogen-bond acceptors (Lipinski definition) is 2. The van der Waals surface area contributed by atoms with E-state index in [0.29, 0.717) is 24.3 Å². The van der Waals surface area contributed by atoms with Gasteiger partial charge in [-0.2, -0.15) is 0 Å². The third-order valence-electron chi connectivity index (χ3n) is 6.71. The third-order valence-corrected chi connectivity index (χ3v) is 6.71. The minimum atomic E-state index is -0.794. The zero-order valence-corrected chi connectivity index (χ0v) is 12.5. The highest BCUT2D eigenvalue weighted by Crippen LogP contribution is 2.53. The lowest BCUT2D eigenvalue weighted by atomic mass is 9.54. The predicted octanol–water partition coefficient (Wildman–Crippen LogP) is 2.43. The number of carbonyl (C=O) groups excluding carboxylic acids is 1. The molecule has 0 spiro atoms. The third kappa shape index (κ3) is 2.27. The Labute approximate surface area is 125 Å². The summed E-state index contributed by atoms with van der Waals surface area (Å²) in [7, 11) is 0. The number of carboxylic acid groups (broad SMARTS) is 1. The lowest BCUT2D eigenvalue weighted by Crippen LogP contribution is -2.57. The van der Waals surface area contributed by atoms with Crippen LogP contribution in [0.1, 0.15) is 51.4 Å². The van der Waals surface area contributed by atoms with Gasteiger partial charge in [0.25, 0.3) is 0 Å². The lowest BCUT2D eigenvalue weighted by molar-refractivity contribution is -0.146. The van der Waals surface area contributed by atoms with Gasteiger partial charge in [0.2, 0.25) is 5.91 Å². The van der Waals surface area contributed by atoms with E-state index in [0.717, 1.165) is 24.7 Å². The summed E-state index contributed by atoms with van der Waals surface area (Å²) in [6.45, 7) is 0. The van der Waals surface area contributed by atoms with Gasteiger partial charge in [0.15, 0.2) is 0 Å². The van der Waals surface area contributed by atoms with Crippen LogP contribution < -0.4 is 5.32 Å². The first-order chi connectivity index (χ1) is 10.1. The van der Waals surface area contributed by atoms with Crippen molar-refractivity contribution >= 4 is 11.9 Å². The van der Waals surface area contributed by atoms with E-state index in [1.165, 1.54) is 32.1 Å². The smallest absolute Gasteiger partial charge is 0.307 e. The molecule has 4 heteroatoms. The monoisotopic (exact) mass is 291 g/mol. The lowest BCUT2D eigenvalue weighted by Gasteiger charge is -2.54. The largest absolute Gasteiger partial charge is 0.481 e. The standard InChI is InChI=1S/C17H25NO3/c19-16(13-2-1-3-14(13)17(20)21)18-15-11-5-9-4-10(7-11)8-12(15)6-9/h9-15H,1-8H2,(H,18,19)(H,20,21). The van der Waals surface area contributed by atoms with Gasteiger partial charge in [-0.05, 0) is 68.6 Å². The first kappa shape index (κ1) is 13.6. The van der Waals surface area contributed by atoms with Gasteiger partial charge in [0.05, 0.1) is 11.8 Å². The Kier molecular flexibility index (Phi) is 3.23. The molecule has 0 aliphatic heterocycles. The molecule has 116 valence electrons. The maximum Gasteiger partial charge on any atom is 0.307 e. The van der Waals surface area contributed by atoms with Crippen LogP contribution in [0, 0.1) is 35.5 Å². The van der Waals surface area contributed by atoms with Crippen molar-refractivity contribution in [1.82, 2.24) is 5.32 Å². The number of rotatable bonds is 3. The number of aliphatic carboxylic acids is 1. The molecule has 5 aliphatic carbocycles. The molecule has 5 saturated carbocycles. The quantitative estimate of drug-likeness (QED) is 0.839. The van der Waals surface area contributed by atoms with Crippen molar-refractivity contribution in [2.24, 2.45) is 35.5 Å². The van der Waals surface area contributed by atoms with Gasteiger partial charge in [-0.3, -0.25) is 9.59 Å². The molecule has 5 rings (SSSR count). The number of amides is 1. The van der Waals surface area contributed by atoms with Crippen LogP contribution >= 0.6 is 0 Å². The van der Waals surface area contributed by atoms with Crippen LogP contribution in [0.15, 0.2) is 0 Å². The molecule has 2 atom stereocenters. The zero-order chi connectivity index (χ0) is 14.6. The van der Waals surface area contributed by atoms with Crippen molar-refractivity contribution in [2.45, 2.75) is 57.4 Å². The molecular weight excluding hydrogens is 266 g/mol. The Morgan fingerprint density at radius 2 is 1.43 bits per heavy atom. The number of hydrogen-bond donors (Lipinski definition) is 2. The molecule has 0 saturated heterocycles. The number of carboxylic acids is 1. The van der Waals surface area contributed by atoms with Gasteiger partial charge in [0.1, 0.15) is 0 Å². The summed E-state index contributed by atoms with van der Waals surface area (Å²) < 4.78 is 0. The molecule has 0 aromatic carbocycles. The molecule has 4 nitrogen and oxygen atoms in total. The van der Waals surface area contributed by atoms with Crippen molar-refractivity contribution in [3.05, 3.63) is 0 Å². The molecule has 2 unspecified atom stereocenters. The van der Waals surface area contributed by atoms with Crippen LogP contribution in [0.4, 0.5) is 0 Å². The highest BCUT2D eigenvalue weighted by atomic mass is 16.4. The molecule has 5 fully saturated rings. The fraction of sp³-hybridized carbons (Fsp3) is 0.882. The molecule has 0 heterocycles. The van der Waals surface area contributed by atoms with Crippen LogP contribution in [-0.4, -0.2) is 23.0 Å². The Bertz CT molecular complexity index is 433. The van der Waals surface area contributed by atoms with E-state index in [-0.39, 0.29) is 11.8 Å². The second-order valence-electron chi connectivity index (χ2n) is 7.95. The van der Waals surface area contributed by atoms with Crippen LogP contribution in [-0.2, 0) is 9.59 Å². The van der Waals surface area contributed by atoms with Gasteiger partial charge in [-0.15, -0.1) is 0 Å². The van der Waals surface area contributed by atoms with Crippen molar-refractivity contribution in [2.75, 3.05) is 0 Å². The maximum absolute atomic E-state index is 12.6. The normalized spacial score (nSPS) is 47.5. The predicted molar refractivity (Wildman–Crippen MR) is 77.4 cm³/mol. The topological polar surface area (TPSA) is 66.4 Å². The Balaban J connectivity index is 1.44. The number of nitrogens with one attached hydrogen (secondary N) is 1. The van der Waals surface area contributed by atoms with Crippen LogP contribution in [0.2, 0.25) is 0 Å². The second kappa shape index (κ2) is 4.99. The first-order valence-corrected chi connectivity index (χ1v) is 8.65. The van der Waals surface area contributed by atoms with Crippen molar-refractivity contribution in [3.63, 3.8) is 0 Å². The van der Waals surface area contributed by atoms with Crippen molar-refractivity contribution in [3.8, 4) is 0 Å². The molecule has 0 aromatic rings. The maximum atomic E-state index is 12.6. The van der Waals surface area contributed by atoms with Crippen molar-refractivity contribution < 1.29 is 14.7 Å². The fourth-order valence-electron chi connectivity index (χ4n) is 6.00. The molecule has 0 aromatic heterocycles. The summed E-state index contributed by atoms with van der Waals surface area (Å²) in [5.41, 5.74) is 0. The minimum Gasteiger partial charge on any atom is -0.481 e. The van der Waals surface area contributed by atoms with E-state index < -0.39 is 11.9 Å². The highest BCUT2D eigenvalue weighted by molar-refractivity contribution is 5.85. The Morgan fingerprint density at radius 1 is 0.857 bits per heavy atom. The first-order valence-electron chi connectivity index (χ1n) is 8.65. The molecule has 0 radical (unpaired) electrons. The molecular formula is C17H25NO3.